The van der Waals surface area contributed by atoms with Gasteiger partial charge in [0.2, 0.25) is 0 Å². The summed E-state index contributed by atoms with van der Waals surface area (Å²) in [5.74, 6) is -0.885. The van der Waals surface area contributed by atoms with Crippen LogP contribution < -0.4 is 0 Å². The molecule has 0 fully saturated rings. The number of hydrogen-bond acceptors (Lipinski definition) is 5. The Hall–Kier alpha value is -1.69. The van der Waals surface area contributed by atoms with Gasteiger partial charge in [-0.2, -0.15) is 0 Å². The van der Waals surface area contributed by atoms with Crippen LogP contribution >= 0.6 is 0 Å². The van der Waals surface area contributed by atoms with Crippen molar-refractivity contribution in [2.75, 3.05) is 19.8 Å². The van der Waals surface area contributed by atoms with E-state index in [1.165, 1.54) is 17.1 Å². The zero-order valence-corrected chi connectivity index (χ0v) is 10.1. The van der Waals surface area contributed by atoms with Gasteiger partial charge < -0.3 is 9.84 Å². The van der Waals surface area contributed by atoms with Crippen molar-refractivity contribution in [3.05, 3.63) is 12.2 Å². The lowest BCUT2D eigenvalue weighted by molar-refractivity contribution is -0.145. The Labute approximate surface area is 105 Å². The zero-order valence-electron chi connectivity index (χ0n) is 10.1. The van der Waals surface area contributed by atoms with Gasteiger partial charge in [-0.3, -0.25) is 19.3 Å². The van der Waals surface area contributed by atoms with E-state index in [2.05, 4.69) is 4.74 Å². The average molecular weight is 255 g/mol. The topological polar surface area (TPSA) is 83.9 Å². The number of hydrogen-bond donors (Lipinski definition) is 1. The molecular weight excluding hydrogens is 238 g/mol. The molecule has 1 N–H and O–H groups in total. The van der Waals surface area contributed by atoms with Gasteiger partial charge in [-0.05, 0) is 12.8 Å². The van der Waals surface area contributed by atoms with Gasteiger partial charge in [0.1, 0.15) is 6.61 Å². The second-order valence-electron chi connectivity index (χ2n) is 3.92. The third-order valence-corrected chi connectivity index (χ3v) is 2.52. The molecule has 0 saturated carbocycles. The van der Waals surface area contributed by atoms with E-state index in [9.17, 15) is 14.4 Å². The van der Waals surface area contributed by atoms with E-state index < -0.39 is 0 Å². The highest BCUT2D eigenvalue weighted by Crippen LogP contribution is 2.07. The van der Waals surface area contributed by atoms with E-state index in [1.807, 2.05) is 0 Å². The number of ether oxygens (including phenoxy) is 1. The highest BCUT2D eigenvalue weighted by molar-refractivity contribution is 6.12. The smallest absolute Gasteiger partial charge is 0.305 e. The van der Waals surface area contributed by atoms with Crippen molar-refractivity contribution in [2.24, 2.45) is 0 Å². The molecule has 0 aromatic carbocycles. The van der Waals surface area contributed by atoms with E-state index in [-0.39, 0.29) is 31.0 Å². The predicted octanol–water partition coefficient (Wildman–Crippen LogP) is 0.00730. The standard InChI is InChI=1S/C12H17NO5/c14-8-9-18-12(17)4-2-1-3-7-13-10(15)5-6-11(13)16/h5-6,14H,1-4,7-9H2. The molecule has 100 valence electrons. The number of aliphatic hydroxyl groups excluding tert-OH is 1. The first kappa shape index (κ1) is 14.4. The van der Waals surface area contributed by atoms with E-state index in [1.54, 1.807) is 0 Å². The van der Waals surface area contributed by atoms with Crippen LogP contribution in [0.15, 0.2) is 12.2 Å². The number of nitrogens with zero attached hydrogens (tertiary/aromatic N) is 1. The number of unbranched alkanes of at least 4 members (excludes halogenated alkanes) is 2. The Morgan fingerprint density at radius 1 is 1.17 bits per heavy atom. The van der Waals surface area contributed by atoms with Crippen molar-refractivity contribution >= 4 is 17.8 Å². The Kier molecular flexibility index (Phi) is 6.07. The maximum Gasteiger partial charge on any atom is 0.305 e. The molecule has 0 aromatic rings. The summed E-state index contributed by atoms with van der Waals surface area (Å²) in [5.41, 5.74) is 0. The van der Waals surface area contributed by atoms with Gasteiger partial charge in [0.05, 0.1) is 6.61 Å². The summed E-state index contributed by atoms with van der Waals surface area (Å²) >= 11 is 0. The van der Waals surface area contributed by atoms with Crippen LogP contribution in [0.3, 0.4) is 0 Å². The molecule has 2 amide bonds. The van der Waals surface area contributed by atoms with Crippen molar-refractivity contribution < 1.29 is 24.2 Å². The van der Waals surface area contributed by atoms with Crippen LogP contribution in [0.2, 0.25) is 0 Å². The summed E-state index contributed by atoms with van der Waals surface area (Å²) in [4.78, 5) is 34.6. The van der Waals surface area contributed by atoms with Crippen LogP contribution in [0, 0.1) is 0 Å². The van der Waals surface area contributed by atoms with Gasteiger partial charge in [-0.25, -0.2) is 0 Å². The molecule has 0 atom stereocenters. The number of rotatable bonds is 8. The predicted molar refractivity (Wildman–Crippen MR) is 62.4 cm³/mol. The van der Waals surface area contributed by atoms with Gasteiger partial charge in [-0.15, -0.1) is 0 Å². The molecule has 0 bridgehead atoms. The minimum Gasteiger partial charge on any atom is -0.463 e. The third kappa shape index (κ3) is 4.67. The highest BCUT2D eigenvalue weighted by Gasteiger charge is 2.22. The van der Waals surface area contributed by atoms with Gasteiger partial charge in [0, 0.05) is 25.1 Å². The molecule has 0 aliphatic carbocycles. The molecule has 0 aromatic heterocycles. The lowest BCUT2D eigenvalue weighted by atomic mass is 10.2. The Bertz CT molecular complexity index is 332. The zero-order chi connectivity index (χ0) is 13.4. The van der Waals surface area contributed by atoms with Crippen LogP contribution in [0.4, 0.5) is 0 Å². The SMILES string of the molecule is O=C(CCCCCN1C(=O)C=CC1=O)OCCO. The summed E-state index contributed by atoms with van der Waals surface area (Å²) in [7, 11) is 0. The van der Waals surface area contributed by atoms with Crippen LogP contribution in [-0.2, 0) is 19.1 Å². The number of esters is 1. The molecule has 6 heteroatoms. The van der Waals surface area contributed by atoms with Crippen LogP contribution in [0.1, 0.15) is 25.7 Å². The Morgan fingerprint density at radius 3 is 2.44 bits per heavy atom. The molecular formula is C12H17NO5. The molecule has 0 spiro atoms. The minimum absolute atomic E-state index is 0.0291. The number of aliphatic hydroxyl groups is 1. The average Bonchev–Trinajstić information content (AvgIpc) is 2.67. The number of carbonyl (C=O) groups is 3. The van der Waals surface area contributed by atoms with Crippen molar-refractivity contribution in [1.82, 2.24) is 4.90 Å². The minimum atomic E-state index is -0.334. The summed E-state index contributed by atoms with van der Waals surface area (Å²) in [6.45, 7) is 0.246. The second-order valence-corrected chi connectivity index (χ2v) is 3.92. The number of carbonyl (C=O) groups excluding carboxylic acids is 3. The first-order valence-electron chi connectivity index (χ1n) is 5.95. The summed E-state index contributed by atoms with van der Waals surface area (Å²) < 4.78 is 4.69. The van der Waals surface area contributed by atoms with Gasteiger partial charge in [0.25, 0.3) is 11.8 Å². The van der Waals surface area contributed by atoms with Gasteiger partial charge in [0.15, 0.2) is 0 Å². The fourth-order valence-corrected chi connectivity index (χ4v) is 1.60. The van der Waals surface area contributed by atoms with E-state index >= 15 is 0 Å². The number of imide groups is 1. The fourth-order valence-electron chi connectivity index (χ4n) is 1.60. The molecule has 1 rings (SSSR count). The fraction of sp³-hybridized carbons (Fsp3) is 0.583. The highest BCUT2D eigenvalue weighted by atomic mass is 16.5. The first-order valence-corrected chi connectivity index (χ1v) is 5.95. The van der Waals surface area contributed by atoms with E-state index in [0.717, 1.165) is 6.42 Å². The molecule has 6 nitrogen and oxygen atoms in total. The largest absolute Gasteiger partial charge is 0.463 e. The maximum atomic E-state index is 11.2. The van der Waals surface area contributed by atoms with Crippen LogP contribution in [0.25, 0.3) is 0 Å². The molecule has 0 radical (unpaired) electrons. The quantitative estimate of drug-likeness (QED) is 0.375. The van der Waals surface area contributed by atoms with Crippen molar-refractivity contribution in [3.8, 4) is 0 Å². The molecule has 1 heterocycles. The maximum absolute atomic E-state index is 11.2. The molecule has 1 aliphatic heterocycles. The van der Waals surface area contributed by atoms with E-state index in [4.69, 9.17) is 5.11 Å². The summed E-state index contributed by atoms with van der Waals surface area (Å²) in [6.07, 6.45) is 4.87. The molecule has 1 aliphatic rings. The lowest BCUT2D eigenvalue weighted by Gasteiger charge is -2.12. The van der Waals surface area contributed by atoms with E-state index in [0.29, 0.717) is 25.8 Å². The van der Waals surface area contributed by atoms with Gasteiger partial charge >= 0.3 is 5.97 Å². The Balaban J connectivity index is 2.04. The van der Waals surface area contributed by atoms with Crippen molar-refractivity contribution in [1.29, 1.82) is 0 Å². The molecule has 0 saturated heterocycles. The van der Waals surface area contributed by atoms with Crippen molar-refractivity contribution in [3.63, 3.8) is 0 Å². The van der Waals surface area contributed by atoms with Crippen LogP contribution in [-0.4, -0.2) is 47.5 Å². The summed E-state index contributed by atoms with van der Waals surface area (Å²) in [6, 6.07) is 0. The molecule has 18 heavy (non-hydrogen) atoms. The van der Waals surface area contributed by atoms with Gasteiger partial charge in [-0.1, -0.05) is 6.42 Å². The normalized spacial score (nSPS) is 14.4. The van der Waals surface area contributed by atoms with Crippen LogP contribution in [0.5, 0.6) is 0 Å². The monoisotopic (exact) mass is 255 g/mol. The molecule has 0 unspecified atom stereocenters. The number of amides is 2. The lowest BCUT2D eigenvalue weighted by Crippen LogP contribution is -2.30. The Morgan fingerprint density at radius 2 is 1.83 bits per heavy atom. The summed E-state index contributed by atoms with van der Waals surface area (Å²) in [5, 5.41) is 8.44. The third-order valence-electron chi connectivity index (χ3n) is 2.52. The van der Waals surface area contributed by atoms with Crippen molar-refractivity contribution in [2.45, 2.75) is 25.7 Å². The first-order chi connectivity index (χ1) is 8.65. The second kappa shape index (κ2) is 7.60.